The quantitative estimate of drug-likeness (QED) is 0.734. The van der Waals surface area contributed by atoms with Crippen LogP contribution in [0.4, 0.5) is 0 Å². The molecule has 4 rings (SSSR count). The zero-order chi connectivity index (χ0) is 20.1. The Kier molecular flexibility index (Phi) is 6.12. The molecule has 1 fully saturated rings. The summed E-state index contributed by atoms with van der Waals surface area (Å²) in [4.78, 5) is 28.5. The van der Waals surface area contributed by atoms with E-state index in [0.29, 0.717) is 30.9 Å². The molecular formula is C21H23N3O4S. The van der Waals surface area contributed by atoms with Crippen molar-refractivity contribution < 1.29 is 19.1 Å². The first-order valence-corrected chi connectivity index (χ1v) is 10.5. The van der Waals surface area contributed by atoms with Gasteiger partial charge >= 0.3 is 0 Å². The zero-order valence-electron chi connectivity index (χ0n) is 16.0. The van der Waals surface area contributed by atoms with E-state index in [1.807, 2.05) is 39.9 Å². The molecule has 2 aliphatic heterocycles. The molecule has 0 aliphatic carbocycles. The van der Waals surface area contributed by atoms with Crippen LogP contribution in [0.1, 0.15) is 15.9 Å². The summed E-state index contributed by atoms with van der Waals surface area (Å²) in [5, 5.41) is 6.68. The highest BCUT2D eigenvalue weighted by Crippen LogP contribution is 2.32. The van der Waals surface area contributed by atoms with Crippen molar-refractivity contribution in [3.63, 3.8) is 0 Å². The standard InChI is InChI=1S/C21H23N3O4S/c25-20(4-2-16-1-3-18-19(13-16)28-15-27-18)24-10-8-23(9-11-24)7-6-22-21(26)17-5-12-29-14-17/h1-5,12-14H,6-11,15H2,(H,22,26)/b4-2+. The van der Waals surface area contributed by atoms with Gasteiger partial charge < -0.3 is 19.7 Å². The van der Waals surface area contributed by atoms with Crippen molar-refractivity contribution in [2.24, 2.45) is 0 Å². The van der Waals surface area contributed by atoms with Gasteiger partial charge in [0, 0.05) is 56.3 Å². The lowest BCUT2D eigenvalue weighted by Crippen LogP contribution is -2.49. The summed E-state index contributed by atoms with van der Waals surface area (Å²) < 4.78 is 10.7. The summed E-state index contributed by atoms with van der Waals surface area (Å²) in [6, 6.07) is 7.44. The molecule has 7 nitrogen and oxygen atoms in total. The first-order valence-electron chi connectivity index (χ1n) is 9.58. The minimum atomic E-state index is -0.0336. The van der Waals surface area contributed by atoms with Crippen LogP contribution in [0.15, 0.2) is 41.1 Å². The van der Waals surface area contributed by atoms with Gasteiger partial charge in [0.25, 0.3) is 5.91 Å². The van der Waals surface area contributed by atoms with Crippen molar-refractivity contribution in [1.82, 2.24) is 15.1 Å². The van der Waals surface area contributed by atoms with Crippen molar-refractivity contribution in [1.29, 1.82) is 0 Å². The number of carbonyl (C=O) groups excluding carboxylic acids is 2. The van der Waals surface area contributed by atoms with Crippen LogP contribution in [0.25, 0.3) is 6.08 Å². The number of hydrogen-bond acceptors (Lipinski definition) is 6. The number of fused-ring (bicyclic) bond motifs is 1. The van der Waals surface area contributed by atoms with Crippen LogP contribution in [0.5, 0.6) is 11.5 Å². The van der Waals surface area contributed by atoms with Gasteiger partial charge in [-0.05, 0) is 35.2 Å². The van der Waals surface area contributed by atoms with Gasteiger partial charge in [-0.25, -0.2) is 0 Å². The predicted molar refractivity (Wildman–Crippen MR) is 111 cm³/mol. The van der Waals surface area contributed by atoms with Crippen molar-refractivity contribution in [3.8, 4) is 11.5 Å². The van der Waals surface area contributed by atoms with Crippen LogP contribution in [-0.2, 0) is 4.79 Å². The SMILES string of the molecule is O=C(NCCN1CCN(C(=O)/C=C/c2ccc3c(c2)OCO3)CC1)c1ccsc1. The maximum Gasteiger partial charge on any atom is 0.252 e. The smallest absolute Gasteiger partial charge is 0.252 e. The van der Waals surface area contributed by atoms with Crippen LogP contribution in [-0.4, -0.2) is 67.7 Å². The highest BCUT2D eigenvalue weighted by molar-refractivity contribution is 7.08. The number of amides is 2. The fraction of sp³-hybridized carbons (Fsp3) is 0.333. The number of hydrogen-bond donors (Lipinski definition) is 1. The molecule has 0 spiro atoms. The van der Waals surface area contributed by atoms with E-state index >= 15 is 0 Å². The van der Waals surface area contributed by atoms with Crippen LogP contribution in [0, 0.1) is 0 Å². The molecule has 0 saturated carbocycles. The van der Waals surface area contributed by atoms with E-state index in [2.05, 4.69) is 10.2 Å². The fourth-order valence-corrected chi connectivity index (χ4v) is 3.94. The first kappa shape index (κ1) is 19.5. The summed E-state index contributed by atoms with van der Waals surface area (Å²) in [7, 11) is 0. The molecule has 1 N–H and O–H groups in total. The molecule has 2 amide bonds. The van der Waals surface area contributed by atoms with E-state index in [4.69, 9.17) is 9.47 Å². The van der Waals surface area contributed by atoms with Gasteiger partial charge in [-0.2, -0.15) is 11.3 Å². The van der Waals surface area contributed by atoms with Crippen molar-refractivity contribution in [3.05, 3.63) is 52.2 Å². The minimum absolute atomic E-state index is 0.00748. The number of benzene rings is 1. The number of rotatable bonds is 6. The Bertz CT molecular complexity index is 889. The zero-order valence-corrected chi connectivity index (χ0v) is 16.8. The highest BCUT2D eigenvalue weighted by atomic mass is 32.1. The molecule has 3 heterocycles. The fourth-order valence-electron chi connectivity index (χ4n) is 3.30. The second-order valence-electron chi connectivity index (χ2n) is 6.88. The molecule has 0 atom stereocenters. The lowest BCUT2D eigenvalue weighted by atomic mass is 10.2. The van der Waals surface area contributed by atoms with E-state index < -0.39 is 0 Å². The monoisotopic (exact) mass is 413 g/mol. The van der Waals surface area contributed by atoms with Gasteiger partial charge in [0.15, 0.2) is 11.5 Å². The van der Waals surface area contributed by atoms with Gasteiger partial charge in [0.05, 0.1) is 0 Å². The largest absolute Gasteiger partial charge is 0.454 e. The molecule has 1 saturated heterocycles. The average Bonchev–Trinajstić information content (AvgIpc) is 3.44. The third kappa shape index (κ3) is 4.96. The molecule has 0 radical (unpaired) electrons. The summed E-state index contributed by atoms with van der Waals surface area (Å²) in [5.41, 5.74) is 1.61. The topological polar surface area (TPSA) is 71.1 Å². The first-order chi connectivity index (χ1) is 14.2. The van der Waals surface area contributed by atoms with Crippen LogP contribution in [0.2, 0.25) is 0 Å². The summed E-state index contributed by atoms with van der Waals surface area (Å²) in [6.45, 7) is 4.60. The maximum atomic E-state index is 12.5. The van der Waals surface area contributed by atoms with Crippen LogP contribution < -0.4 is 14.8 Å². The summed E-state index contributed by atoms with van der Waals surface area (Å²) >= 11 is 1.51. The minimum Gasteiger partial charge on any atom is -0.454 e. The Morgan fingerprint density at radius 3 is 2.72 bits per heavy atom. The average molecular weight is 413 g/mol. The molecule has 0 bridgehead atoms. The molecule has 2 aliphatic rings. The Morgan fingerprint density at radius 2 is 1.93 bits per heavy atom. The molecule has 8 heteroatoms. The van der Waals surface area contributed by atoms with Gasteiger partial charge in [-0.3, -0.25) is 14.5 Å². The van der Waals surface area contributed by atoms with Crippen molar-refractivity contribution >= 4 is 29.2 Å². The number of nitrogens with one attached hydrogen (secondary N) is 1. The maximum absolute atomic E-state index is 12.5. The Labute approximate surface area is 173 Å². The van der Waals surface area contributed by atoms with Crippen LogP contribution >= 0.6 is 11.3 Å². The Morgan fingerprint density at radius 1 is 1.10 bits per heavy atom. The molecule has 152 valence electrons. The normalized spacial score (nSPS) is 16.3. The third-order valence-electron chi connectivity index (χ3n) is 5.00. The molecule has 2 aromatic rings. The number of ether oxygens (including phenoxy) is 2. The number of carbonyl (C=O) groups is 2. The molecule has 0 unspecified atom stereocenters. The lowest BCUT2D eigenvalue weighted by molar-refractivity contribution is -0.127. The van der Waals surface area contributed by atoms with Gasteiger partial charge in [-0.15, -0.1) is 0 Å². The van der Waals surface area contributed by atoms with Crippen molar-refractivity contribution in [2.45, 2.75) is 0 Å². The van der Waals surface area contributed by atoms with E-state index in [-0.39, 0.29) is 18.6 Å². The van der Waals surface area contributed by atoms with E-state index in [0.717, 1.165) is 30.9 Å². The van der Waals surface area contributed by atoms with E-state index in [1.165, 1.54) is 11.3 Å². The Hall–Kier alpha value is -2.84. The van der Waals surface area contributed by atoms with Gasteiger partial charge in [-0.1, -0.05) is 6.07 Å². The predicted octanol–water partition coefficient (Wildman–Crippen LogP) is 2.06. The highest BCUT2D eigenvalue weighted by Gasteiger charge is 2.19. The van der Waals surface area contributed by atoms with Crippen molar-refractivity contribution in [2.75, 3.05) is 46.1 Å². The molecule has 1 aromatic carbocycles. The number of piperazine rings is 1. The van der Waals surface area contributed by atoms with Crippen LogP contribution in [0.3, 0.4) is 0 Å². The molecule has 1 aromatic heterocycles. The third-order valence-corrected chi connectivity index (χ3v) is 5.68. The van der Waals surface area contributed by atoms with Gasteiger partial charge in [0.2, 0.25) is 12.7 Å². The number of nitrogens with zero attached hydrogens (tertiary/aromatic N) is 2. The molecular weight excluding hydrogens is 390 g/mol. The van der Waals surface area contributed by atoms with E-state index in [9.17, 15) is 9.59 Å². The summed E-state index contributed by atoms with van der Waals surface area (Å²) in [6.07, 6.45) is 3.41. The van der Waals surface area contributed by atoms with E-state index in [1.54, 1.807) is 12.2 Å². The molecule has 29 heavy (non-hydrogen) atoms. The second-order valence-corrected chi connectivity index (χ2v) is 7.66. The second kappa shape index (κ2) is 9.11. The van der Waals surface area contributed by atoms with Gasteiger partial charge in [0.1, 0.15) is 0 Å². The number of thiophene rings is 1. The lowest BCUT2D eigenvalue weighted by Gasteiger charge is -2.34. The summed E-state index contributed by atoms with van der Waals surface area (Å²) in [5.74, 6) is 1.41. The Balaban J connectivity index is 1.19.